The van der Waals surface area contributed by atoms with Gasteiger partial charge < -0.3 is 10.1 Å². The Morgan fingerprint density at radius 1 is 1.00 bits per heavy atom. The molecule has 0 heterocycles. The summed E-state index contributed by atoms with van der Waals surface area (Å²) in [5, 5.41) is 5.58. The third kappa shape index (κ3) is 6.65. The summed E-state index contributed by atoms with van der Waals surface area (Å²) >= 11 is 7.31. The molecule has 0 spiro atoms. The Kier molecular flexibility index (Phi) is 8.04. The number of benzene rings is 3. The number of hydrogen-bond donors (Lipinski definition) is 3. The van der Waals surface area contributed by atoms with Gasteiger partial charge in [-0.2, -0.15) is 0 Å². The van der Waals surface area contributed by atoms with E-state index >= 15 is 0 Å². The smallest absolute Gasteiger partial charge is 0.261 e. The zero-order valence-electron chi connectivity index (χ0n) is 17.0. The van der Waals surface area contributed by atoms with E-state index in [1.165, 1.54) is 12.1 Å². The van der Waals surface area contributed by atoms with Crippen LogP contribution in [0.3, 0.4) is 0 Å². The highest BCUT2D eigenvalue weighted by atomic mass is 127. The summed E-state index contributed by atoms with van der Waals surface area (Å²) in [4.78, 5) is 12.4. The number of rotatable bonds is 7. The van der Waals surface area contributed by atoms with Gasteiger partial charge in [0.2, 0.25) is 0 Å². The standard InChI is InChI=1S/C22H20IN3O4S2/c1-2-30-19-10-6-18(7-11-19)26-32(28,29)20-12-8-17(9-13-20)24-22(31)25-21(27)15-4-3-5-16(23)14-15/h3-14,26H,2H2,1H3,(H2,24,25,27,31). The molecule has 32 heavy (non-hydrogen) atoms. The van der Waals surface area contributed by atoms with Gasteiger partial charge in [-0.15, -0.1) is 0 Å². The molecule has 0 aromatic heterocycles. The van der Waals surface area contributed by atoms with Crippen LogP contribution in [-0.2, 0) is 10.0 Å². The van der Waals surface area contributed by atoms with Crippen LogP contribution in [0.5, 0.6) is 5.75 Å². The molecule has 3 rings (SSSR count). The first-order valence-electron chi connectivity index (χ1n) is 9.50. The van der Waals surface area contributed by atoms with Crippen molar-refractivity contribution >= 4 is 67.2 Å². The van der Waals surface area contributed by atoms with E-state index in [0.29, 0.717) is 29.3 Å². The fraction of sp³-hybridized carbons (Fsp3) is 0.0909. The van der Waals surface area contributed by atoms with Gasteiger partial charge in [-0.05, 0) is 108 Å². The van der Waals surface area contributed by atoms with E-state index in [1.807, 2.05) is 13.0 Å². The third-order valence-corrected chi connectivity index (χ3v) is 6.43. The molecule has 3 aromatic rings. The fourth-order valence-electron chi connectivity index (χ4n) is 2.68. The summed E-state index contributed by atoms with van der Waals surface area (Å²) in [6.45, 7) is 2.41. The average molecular weight is 581 g/mol. The number of ether oxygens (including phenoxy) is 1. The number of thiocarbonyl (C=S) groups is 1. The van der Waals surface area contributed by atoms with Crippen molar-refractivity contribution in [2.45, 2.75) is 11.8 Å². The van der Waals surface area contributed by atoms with E-state index in [4.69, 9.17) is 17.0 Å². The van der Waals surface area contributed by atoms with Crippen molar-refractivity contribution < 1.29 is 17.9 Å². The van der Waals surface area contributed by atoms with Gasteiger partial charge in [0.1, 0.15) is 5.75 Å². The average Bonchev–Trinajstić information content (AvgIpc) is 2.75. The molecule has 0 aliphatic heterocycles. The van der Waals surface area contributed by atoms with Crippen LogP contribution in [0.4, 0.5) is 11.4 Å². The molecule has 0 saturated carbocycles. The first-order valence-corrected chi connectivity index (χ1v) is 12.5. The van der Waals surface area contributed by atoms with Gasteiger partial charge in [-0.3, -0.25) is 14.8 Å². The second-order valence-corrected chi connectivity index (χ2v) is 9.84. The van der Waals surface area contributed by atoms with Gasteiger partial charge in [0.25, 0.3) is 15.9 Å². The molecule has 166 valence electrons. The Bertz CT molecular complexity index is 1210. The van der Waals surface area contributed by atoms with E-state index in [0.717, 1.165) is 3.57 Å². The molecular formula is C22H20IN3O4S2. The minimum atomic E-state index is -3.76. The van der Waals surface area contributed by atoms with E-state index in [-0.39, 0.29) is 15.9 Å². The Hall–Kier alpha value is -2.70. The lowest BCUT2D eigenvalue weighted by atomic mass is 10.2. The van der Waals surface area contributed by atoms with Crippen molar-refractivity contribution in [3.63, 3.8) is 0 Å². The molecule has 1 amide bonds. The molecule has 0 radical (unpaired) electrons. The van der Waals surface area contributed by atoms with Crippen LogP contribution >= 0.6 is 34.8 Å². The lowest BCUT2D eigenvalue weighted by molar-refractivity contribution is 0.0977. The SMILES string of the molecule is CCOc1ccc(NS(=O)(=O)c2ccc(NC(=S)NC(=O)c3cccc(I)c3)cc2)cc1. The summed E-state index contributed by atoms with van der Waals surface area (Å²) in [6, 6.07) is 19.8. The predicted octanol–water partition coefficient (Wildman–Crippen LogP) is 4.62. The number of carbonyl (C=O) groups excluding carboxylic acids is 1. The summed E-state index contributed by atoms with van der Waals surface area (Å²) < 4.78 is 34.1. The van der Waals surface area contributed by atoms with Gasteiger partial charge in [-0.1, -0.05) is 6.07 Å². The maximum Gasteiger partial charge on any atom is 0.261 e. The van der Waals surface area contributed by atoms with Gasteiger partial charge in [0, 0.05) is 20.5 Å². The number of halogens is 1. The minimum Gasteiger partial charge on any atom is -0.494 e. The summed E-state index contributed by atoms with van der Waals surface area (Å²) in [6.07, 6.45) is 0. The molecule has 0 aliphatic rings. The number of hydrogen-bond acceptors (Lipinski definition) is 5. The molecule has 3 aromatic carbocycles. The van der Waals surface area contributed by atoms with Crippen LogP contribution in [0, 0.1) is 3.57 Å². The number of amides is 1. The lowest BCUT2D eigenvalue weighted by Crippen LogP contribution is -2.34. The normalized spacial score (nSPS) is 10.8. The van der Waals surface area contributed by atoms with Crippen LogP contribution in [0.1, 0.15) is 17.3 Å². The Balaban J connectivity index is 1.61. The molecule has 7 nitrogen and oxygen atoms in total. The highest BCUT2D eigenvalue weighted by Gasteiger charge is 2.15. The molecule has 3 N–H and O–H groups in total. The van der Waals surface area contributed by atoms with E-state index < -0.39 is 10.0 Å². The lowest BCUT2D eigenvalue weighted by Gasteiger charge is -2.12. The van der Waals surface area contributed by atoms with Crippen LogP contribution in [0.15, 0.2) is 77.7 Å². The molecular weight excluding hydrogens is 561 g/mol. The predicted molar refractivity (Wildman–Crippen MR) is 138 cm³/mol. The number of anilines is 2. The Labute approximate surface area is 205 Å². The largest absolute Gasteiger partial charge is 0.494 e. The van der Waals surface area contributed by atoms with Crippen LogP contribution in [0.25, 0.3) is 0 Å². The maximum atomic E-state index is 12.6. The second kappa shape index (κ2) is 10.7. The number of nitrogens with one attached hydrogen (secondary N) is 3. The number of sulfonamides is 1. The minimum absolute atomic E-state index is 0.0887. The molecule has 0 aliphatic carbocycles. The van der Waals surface area contributed by atoms with E-state index in [2.05, 4.69) is 37.9 Å². The van der Waals surface area contributed by atoms with Gasteiger partial charge >= 0.3 is 0 Å². The zero-order valence-corrected chi connectivity index (χ0v) is 20.8. The molecule has 0 saturated heterocycles. The highest BCUT2D eigenvalue weighted by Crippen LogP contribution is 2.21. The topological polar surface area (TPSA) is 96.5 Å². The first kappa shape index (κ1) is 24.0. The molecule has 0 atom stereocenters. The molecule has 0 fully saturated rings. The van der Waals surface area contributed by atoms with Crippen LogP contribution in [-0.4, -0.2) is 26.0 Å². The monoisotopic (exact) mass is 581 g/mol. The second-order valence-electron chi connectivity index (χ2n) is 6.51. The molecule has 10 heteroatoms. The van der Waals surface area contributed by atoms with Crippen molar-refractivity contribution in [2.24, 2.45) is 0 Å². The van der Waals surface area contributed by atoms with Crippen LogP contribution in [0.2, 0.25) is 0 Å². The first-order chi connectivity index (χ1) is 15.3. The highest BCUT2D eigenvalue weighted by molar-refractivity contribution is 14.1. The van der Waals surface area contributed by atoms with E-state index in [9.17, 15) is 13.2 Å². The van der Waals surface area contributed by atoms with Crippen molar-refractivity contribution in [3.8, 4) is 5.75 Å². The Morgan fingerprint density at radius 3 is 2.28 bits per heavy atom. The number of carbonyl (C=O) groups is 1. The summed E-state index contributed by atoms with van der Waals surface area (Å²) in [7, 11) is -3.76. The quantitative estimate of drug-likeness (QED) is 0.279. The summed E-state index contributed by atoms with van der Waals surface area (Å²) in [5.41, 5.74) is 1.45. The fourth-order valence-corrected chi connectivity index (χ4v) is 4.50. The van der Waals surface area contributed by atoms with Crippen molar-refractivity contribution in [1.82, 2.24) is 5.32 Å². The van der Waals surface area contributed by atoms with Gasteiger partial charge in [0.05, 0.1) is 11.5 Å². The third-order valence-electron chi connectivity index (χ3n) is 4.15. The molecule has 0 unspecified atom stereocenters. The van der Waals surface area contributed by atoms with E-state index in [1.54, 1.807) is 54.6 Å². The maximum absolute atomic E-state index is 12.6. The zero-order chi connectivity index (χ0) is 23.1. The van der Waals surface area contributed by atoms with Crippen molar-refractivity contribution in [1.29, 1.82) is 0 Å². The Morgan fingerprint density at radius 2 is 1.66 bits per heavy atom. The molecule has 0 bridgehead atoms. The van der Waals surface area contributed by atoms with Gasteiger partial charge in [-0.25, -0.2) is 8.42 Å². The van der Waals surface area contributed by atoms with Crippen molar-refractivity contribution in [2.75, 3.05) is 16.6 Å². The van der Waals surface area contributed by atoms with Crippen LogP contribution < -0.4 is 20.1 Å². The summed E-state index contributed by atoms with van der Waals surface area (Å²) in [5.74, 6) is 0.329. The van der Waals surface area contributed by atoms with Crippen molar-refractivity contribution in [3.05, 3.63) is 81.9 Å². The van der Waals surface area contributed by atoms with Gasteiger partial charge in [0.15, 0.2) is 5.11 Å².